The Hall–Kier alpha value is -1.66. The van der Waals surface area contributed by atoms with Crippen LogP contribution in [0.25, 0.3) is 0 Å². The van der Waals surface area contributed by atoms with E-state index in [4.69, 9.17) is 4.99 Å². The second kappa shape index (κ2) is 8.26. The number of hydrogen-bond donors (Lipinski definition) is 2. The highest BCUT2D eigenvalue weighted by atomic mass is 15.3. The number of guanidine groups is 1. The van der Waals surface area contributed by atoms with Crippen LogP contribution in [0.15, 0.2) is 29.4 Å². The highest BCUT2D eigenvalue weighted by molar-refractivity contribution is 5.79. The van der Waals surface area contributed by atoms with Crippen molar-refractivity contribution in [2.75, 3.05) is 52.4 Å². The fourth-order valence-corrected chi connectivity index (χ4v) is 3.29. The van der Waals surface area contributed by atoms with E-state index >= 15 is 0 Å². The zero-order chi connectivity index (χ0) is 15.9. The lowest BCUT2D eigenvalue weighted by atomic mass is 10.1. The number of fused-ring (bicyclic) bond motifs is 3. The molecule has 1 atom stereocenters. The lowest BCUT2D eigenvalue weighted by Crippen LogP contribution is -2.62. The van der Waals surface area contributed by atoms with E-state index in [0.29, 0.717) is 6.04 Å². The smallest absolute Gasteiger partial charge is 0.191 e. The van der Waals surface area contributed by atoms with Crippen LogP contribution in [-0.2, 0) is 6.42 Å². The third-order valence-electron chi connectivity index (χ3n) is 4.60. The van der Waals surface area contributed by atoms with Gasteiger partial charge in [0.2, 0.25) is 0 Å². The predicted octanol–water partition coefficient (Wildman–Crippen LogP) is 0.179. The molecule has 4 heterocycles. The lowest BCUT2D eigenvalue weighted by molar-refractivity contribution is 0.0174. The number of hydrogen-bond acceptors (Lipinski definition) is 4. The average molecular weight is 316 g/mol. The first-order valence-electron chi connectivity index (χ1n) is 8.73. The van der Waals surface area contributed by atoms with Gasteiger partial charge in [0, 0.05) is 70.2 Å². The average Bonchev–Trinajstić information content (AvgIpc) is 2.61. The van der Waals surface area contributed by atoms with E-state index in [1.807, 2.05) is 18.3 Å². The molecule has 0 radical (unpaired) electrons. The van der Waals surface area contributed by atoms with Gasteiger partial charge < -0.3 is 10.6 Å². The molecule has 6 nitrogen and oxygen atoms in total. The Kier molecular flexibility index (Phi) is 5.82. The molecule has 1 unspecified atom stereocenters. The highest BCUT2D eigenvalue weighted by Gasteiger charge is 2.31. The van der Waals surface area contributed by atoms with E-state index < -0.39 is 0 Å². The summed E-state index contributed by atoms with van der Waals surface area (Å²) in [5.41, 5.74) is 1.11. The van der Waals surface area contributed by atoms with Crippen LogP contribution in [-0.4, -0.2) is 79.1 Å². The number of aromatic nitrogens is 1. The second-order valence-electron chi connectivity index (χ2n) is 6.21. The summed E-state index contributed by atoms with van der Waals surface area (Å²) in [5.74, 6) is 0.918. The third-order valence-corrected chi connectivity index (χ3v) is 4.60. The minimum atomic E-state index is 0.573. The van der Waals surface area contributed by atoms with Crippen LogP contribution in [0.3, 0.4) is 0 Å². The first kappa shape index (κ1) is 16.2. The molecule has 3 aliphatic rings. The van der Waals surface area contributed by atoms with Gasteiger partial charge >= 0.3 is 0 Å². The Balaban J connectivity index is 1.47. The number of nitrogens with zero attached hydrogens (tertiary/aromatic N) is 4. The van der Waals surface area contributed by atoms with Gasteiger partial charge in [0.1, 0.15) is 0 Å². The van der Waals surface area contributed by atoms with Crippen LogP contribution in [0.1, 0.15) is 12.6 Å². The van der Waals surface area contributed by atoms with Gasteiger partial charge in [0.05, 0.1) is 6.54 Å². The van der Waals surface area contributed by atoms with Gasteiger partial charge in [-0.3, -0.25) is 19.8 Å². The number of piperazine rings is 3. The Labute approximate surface area is 139 Å². The van der Waals surface area contributed by atoms with E-state index in [-0.39, 0.29) is 0 Å². The number of pyridine rings is 1. The molecule has 2 bridgehead atoms. The summed E-state index contributed by atoms with van der Waals surface area (Å²) in [6.07, 6.45) is 2.76. The Morgan fingerprint density at radius 3 is 2.78 bits per heavy atom. The largest absolute Gasteiger partial charge is 0.357 e. The molecular weight excluding hydrogens is 288 g/mol. The number of rotatable bonds is 6. The van der Waals surface area contributed by atoms with Crippen molar-refractivity contribution in [2.24, 2.45) is 4.99 Å². The third kappa shape index (κ3) is 4.65. The summed E-state index contributed by atoms with van der Waals surface area (Å²) in [6.45, 7) is 10.7. The quantitative estimate of drug-likeness (QED) is 0.579. The molecule has 126 valence electrons. The molecule has 0 amide bonds. The fourth-order valence-electron chi connectivity index (χ4n) is 3.29. The zero-order valence-electron chi connectivity index (χ0n) is 14.0. The minimum Gasteiger partial charge on any atom is -0.357 e. The van der Waals surface area contributed by atoms with E-state index in [9.17, 15) is 0 Å². The molecule has 1 aromatic rings. The molecule has 3 fully saturated rings. The van der Waals surface area contributed by atoms with Crippen molar-refractivity contribution >= 4 is 5.96 Å². The topological polar surface area (TPSA) is 55.8 Å². The molecule has 2 N–H and O–H groups in total. The first-order chi connectivity index (χ1) is 11.3. The summed E-state index contributed by atoms with van der Waals surface area (Å²) in [6, 6.07) is 6.62. The van der Waals surface area contributed by atoms with E-state index in [2.05, 4.69) is 38.4 Å². The van der Waals surface area contributed by atoms with Crippen molar-refractivity contribution in [3.05, 3.63) is 30.1 Å². The van der Waals surface area contributed by atoms with Crippen LogP contribution in [0, 0.1) is 0 Å². The molecule has 23 heavy (non-hydrogen) atoms. The summed E-state index contributed by atoms with van der Waals surface area (Å²) in [7, 11) is 0. The maximum Gasteiger partial charge on any atom is 0.191 e. The maximum atomic E-state index is 4.79. The lowest BCUT2D eigenvalue weighted by Gasteiger charge is -2.47. The van der Waals surface area contributed by atoms with Crippen LogP contribution >= 0.6 is 0 Å². The van der Waals surface area contributed by atoms with Gasteiger partial charge in [-0.2, -0.15) is 0 Å². The summed E-state index contributed by atoms with van der Waals surface area (Å²) in [5, 5.41) is 6.76. The van der Waals surface area contributed by atoms with Crippen molar-refractivity contribution in [2.45, 2.75) is 19.4 Å². The summed E-state index contributed by atoms with van der Waals surface area (Å²) in [4.78, 5) is 14.3. The normalized spacial score (nSPS) is 27.0. The van der Waals surface area contributed by atoms with Gasteiger partial charge in [0.25, 0.3) is 0 Å². The molecule has 3 aliphatic heterocycles. The van der Waals surface area contributed by atoms with Gasteiger partial charge in [-0.15, -0.1) is 0 Å². The molecular formula is C17H28N6. The predicted molar refractivity (Wildman–Crippen MR) is 93.7 cm³/mol. The van der Waals surface area contributed by atoms with Crippen molar-refractivity contribution in [1.29, 1.82) is 0 Å². The van der Waals surface area contributed by atoms with Crippen LogP contribution < -0.4 is 10.6 Å². The molecule has 0 aromatic carbocycles. The van der Waals surface area contributed by atoms with E-state index in [1.165, 1.54) is 26.2 Å². The molecule has 0 saturated carbocycles. The standard InChI is InChI=1S/C17H28N6/c1-2-18-17(20-8-6-15-5-3-4-7-19-15)21-13-16-14-22-9-11-23(16)12-10-22/h3-5,7,16H,2,6,8-14H2,1H3,(H2,18,20,21). The van der Waals surface area contributed by atoms with Gasteiger partial charge in [-0.1, -0.05) is 6.07 Å². The summed E-state index contributed by atoms with van der Waals surface area (Å²) >= 11 is 0. The van der Waals surface area contributed by atoms with E-state index in [1.54, 1.807) is 0 Å². The zero-order valence-corrected chi connectivity index (χ0v) is 14.0. The first-order valence-corrected chi connectivity index (χ1v) is 8.73. The number of nitrogens with one attached hydrogen (secondary N) is 2. The molecule has 4 rings (SSSR count). The Morgan fingerprint density at radius 1 is 1.26 bits per heavy atom. The van der Waals surface area contributed by atoms with Crippen LogP contribution in [0.4, 0.5) is 0 Å². The molecule has 3 saturated heterocycles. The Morgan fingerprint density at radius 2 is 2.13 bits per heavy atom. The van der Waals surface area contributed by atoms with Crippen LogP contribution in [0.2, 0.25) is 0 Å². The molecule has 0 spiro atoms. The highest BCUT2D eigenvalue weighted by Crippen LogP contribution is 2.15. The van der Waals surface area contributed by atoms with Gasteiger partial charge in [0.15, 0.2) is 5.96 Å². The van der Waals surface area contributed by atoms with Crippen molar-refractivity contribution in [3.63, 3.8) is 0 Å². The monoisotopic (exact) mass is 316 g/mol. The fraction of sp³-hybridized carbons (Fsp3) is 0.647. The van der Waals surface area contributed by atoms with Crippen molar-refractivity contribution < 1.29 is 0 Å². The molecule has 1 aromatic heterocycles. The number of aliphatic imine (C=N–C) groups is 1. The van der Waals surface area contributed by atoms with Crippen molar-refractivity contribution in [1.82, 2.24) is 25.4 Å². The SMILES string of the molecule is CCNC(=NCC1CN2CCN1CC2)NCCc1ccccn1. The van der Waals surface area contributed by atoms with Gasteiger partial charge in [-0.05, 0) is 19.1 Å². The molecule has 0 aliphatic carbocycles. The van der Waals surface area contributed by atoms with Crippen molar-refractivity contribution in [3.8, 4) is 0 Å². The summed E-state index contributed by atoms with van der Waals surface area (Å²) < 4.78 is 0. The minimum absolute atomic E-state index is 0.573. The maximum absolute atomic E-state index is 4.79. The van der Waals surface area contributed by atoms with Crippen LogP contribution in [0.5, 0.6) is 0 Å². The Bertz CT molecular complexity index is 495. The van der Waals surface area contributed by atoms with E-state index in [0.717, 1.165) is 44.3 Å². The molecule has 6 heteroatoms. The second-order valence-corrected chi connectivity index (χ2v) is 6.21. The van der Waals surface area contributed by atoms with Gasteiger partial charge in [-0.25, -0.2) is 0 Å².